The van der Waals surface area contributed by atoms with Gasteiger partial charge in [-0.25, -0.2) is 0 Å². The predicted molar refractivity (Wildman–Crippen MR) is 117 cm³/mol. The number of nitrogens with one attached hydrogen (secondary N) is 2. The number of nitrogens with zero attached hydrogens (tertiary/aromatic N) is 1. The molecule has 3 unspecified atom stereocenters. The van der Waals surface area contributed by atoms with Crippen LogP contribution in [0.2, 0.25) is 0 Å². The van der Waals surface area contributed by atoms with Crippen LogP contribution in [0.5, 0.6) is 0 Å². The number of hydrogen-bond acceptors (Lipinski definition) is 3. The molecule has 3 rings (SSSR count). The predicted octanol–water partition coefficient (Wildman–Crippen LogP) is 3.31. The van der Waals surface area contributed by atoms with Crippen LogP contribution in [-0.2, 0) is 4.74 Å². The van der Waals surface area contributed by atoms with Crippen LogP contribution in [0.3, 0.4) is 0 Å². The van der Waals surface area contributed by atoms with E-state index in [9.17, 15) is 5.11 Å². The van der Waals surface area contributed by atoms with Crippen LogP contribution < -0.4 is 10.6 Å². The Hall–Kier alpha value is -0.0800. The smallest absolute Gasteiger partial charge is 0.191 e. The van der Waals surface area contributed by atoms with Gasteiger partial charge in [0, 0.05) is 43.7 Å². The summed E-state index contributed by atoms with van der Waals surface area (Å²) in [4.78, 5) is 4.95. The van der Waals surface area contributed by atoms with E-state index in [-0.39, 0.29) is 36.0 Å². The summed E-state index contributed by atoms with van der Waals surface area (Å²) in [5.74, 6) is 1.61. The van der Waals surface area contributed by atoms with Crippen molar-refractivity contribution in [3.05, 3.63) is 0 Å². The van der Waals surface area contributed by atoms with E-state index in [1.807, 2.05) is 0 Å². The SMILES string of the molecule is CCNC(=NCC(CC)(CC)CCO)NC1C2CCOC2C12CCC2.I. The molecule has 0 radical (unpaired) electrons. The van der Waals surface area contributed by atoms with Crippen molar-refractivity contribution in [1.82, 2.24) is 10.6 Å². The Labute approximate surface area is 176 Å². The van der Waals surface area contributed by atoms with Crippen LogP contribution in [-0.4, -0.2) is 49.5 Å². The first-order valence-electron chi connectivity index (χ1n) is 10.4. The van der Waals surface area contributed by atoms with E-state index in [1.165, 1.54) is 25.7 Å². The van der Waals surface area contributed by atoms with Crippen molar-refractivity contribution in [3.63, 3.8) is 0 Å². The molecule has 3 aliphatic rings. The van der Waals surface area contributed by atoms with Gasteiger partial charge in [-0.05, 0) is 50.9 Å². The summed E-state index contributed by atoms with van der Waals surface area (Å²) in [5.41, 5.74) is 0.485. The number of halogens is 1. The molecular formula is C20H38IN3O2. The highest BCUT2D eigenvalue weighted by Crippen LogP contribution is 2.62. The van der Waals surface area contributed by atoms with Gasteiger partial charge in [0.2, 0.25) is 0 Å². The lowest BCUT2D eigenvalue weighted by Gasteiger charge is -2.63. The van der Waals surface area contributed by atoms with E-state index in [2.05, 4.69) is 31.4 Å². The van der Waals surface area contributed by atoms with Gasteiger partial charge in [-0.1, -0.05) is 20.3 Å². The van der Waals surface area contributed by atoms with Gasteiger partial charge in [0.05, 0.1) is 6.10 Å². The maximum atomic E-state index is 9.44. The maximum Gasteiger partial charge on any atom is 0.191 e. The molecule has 6 heteroatoms. The summed E-state index contributed by atoms with van der Waals surface area (Å²) >= 11 is 0. The Morgan fingerprint density at radius 3 is 2.54 bits per heavy atom. The summed E-state index contributed by atoms with van der Waals surface area (Å²) in [6.45, 7) is 9.37. The van der Waals surface area contributed by atoms with Gasteiger partial charge in [-0.2, -0.15) is 0 Å². The molecule has 3 fully saturated rings. The molecule has 0 aromatic rings. The third-order valence-corrected chi connectivity index (χ3v) is 7.39. The summed E-state index contributed by atoms with van der Waals surface area (Å²) in [6, 6.07) is 0.516. The molecule has 0 aromatic carbocycles. The van der Waals surface area contributed by atoms with E-state index in [1.54, 1.807) is 0 Å². The Morgan fingerprint density at radius 2 is 2.00 bits per heavy atom. The van der Waals surface area contributed by atoms with E-state index in [4.69, 9.17) is 9.73 Å². The average Bonchev–Trinajstić information content (AvgIpc) is 3.00. The van der Waals surface area contributed by atoms with Crippen LogP contribution in [0.4, 0.5) is 0 Å². The van der Waals surface area contributed by atoms with Gasteiger partial charge in [0.25, 0.3) is 0 Å². The minimum absolute atomic E-state index is 0. The molecular weight excluding hydrogens is 441 g/mol. The zero-order valence-corrected chi connectivity index (χ0v) is 19.1. The first-order chi connectivity index (χ1) is 12.1. The number of ether oxygens (including phenoxy) is 1. The number of guanidine groups is 1. The van der Waals surface area contributed by atoms with Gasteiger partial charge >= 0.3 is 0 Å². The second-order valence-electron chi connectivity index (χ2n) is 8.33. The van der Waals surface area contributed by atoms with Crippen molar-refractivity contribution in [3.8, 4) is 0 Å². The van der Waals surface area contributed by atoms with Crippen molar-refractivity contribution >= 4 is 29.9 Å². The second-order valence-corrected chi connectivity index (χ2v) is 8.33. The molecule has 0 amide bonds. The van der Waals surface area contributed by atoms with Crippen molar-refractivity contribution in [2.24, 2.45) is 21.7 Å². The molecule has 5 nitrogen and oxygen atoms in total. The first kappa shape index (κ1) is 22.2. The molecule has 1 aliphatic heterocycles. The normalized spacial score (nSPS) is 29.4. The van der Waals surface area contributed by atoms with E-state index in [0.29, 0.717) is 23.5 Å². The van der Waals surface area contributed by atoms with E-state index in [0.717, 1.165) is 44.9 Å². The molecule has 2 saturated carbocycles. The second kappa shape index (κ2) is 9.41. The van der Waals surface area contributed by atoms with Crippen molar-refractivity contribution in [1.29, 1.82) is 0 Å². The molecule has 0 aromatic heterocycles. The number of aliphatic hydroxyl groups excluding tert-OH is 1. The number of hydrogen-bond donors (Lipinski definition) is 3. The molecule has 3 atom stereocenters. The summed E-state index contributed by atoms with van der Waals surface area (Å²) in [5, 5.41) is 16.7. The molecule has 1 heterocycles. The third kappa shape index (κ3) is 3.88. The monoisotopic (exact) mass is 479 g/mol. The van der Waals surface area contributed by atoms with Crippen LogP contribution in [0.15, 0.2) is 4.99 Å². The molecule has 0 bridgehead atoms. The fourth-order valence-corrected chi connectivity index (χ4v) is 5.31. The Kier molecular flexibility index (Phi) is 8.04. The lowest BCUT2D eigenvalue weighted by molar-refractivity contribution is -0.171. The zero-order valence-electron chi connectivity index (χ0n) is 16.7. The highest BCUT2D eigenvalue weighted by atomic mass is 127. The molecule has 26 heavy (non-hydrogen) atoms. The van der Waals surface area contributed by atoms with Gasteiger partial charge in [0.15, 0.2) is 5.96 Å². The average molecular weight is 479 g/mol. The molecule has 1 saturated heterocycles. The fraction of sp³-hybridized carbons (Fsp3) is 0.950. The van der Waals surface area contributed by atoms with Crippen LogP contribution in [0.25, 0.3) is 0 Å². The lowest BCUT2D eigenvalue weighted by Crippen LogP contribution is -2.72. The number of rotatable bonds is 8. The Balaban J connectivity index is 0.00000243. The molecule has 1 spiro atoms. The van der Waals surface area contributed by atoms with Gasteiger partial charge in [-0.3, -0.25) is 4.99 Å². The minimum Gasteiger partial charge on any atom is -0.396 e. The largest absolute Gasteiger partial charge is 0.396 e. The van der Waals surface area contributed by atoms with Gasteiger partial charge in [-0.15, -0.1) is 24.0 Å². The summed E-state index contributed by atoms with van der Waals surface area (Å²) in [7, 11) is 0. The lowest BCUT2D eigenvalue weighted by atomic mass is 9.46. The van der Waals surface area contributed by atoms with Crippen LogP contribution >= 0.6 is 24.0 Å². The quantitative estimate of drug-likeness (QED) is 0.284. The number of aliphatic imine (C=N–C) groups is 1. The topological polar surface area (TPSA) is 65.9 Å². The molecule has 152 valence electrons. The molecule has 3 N–H and O–H groups in total. The summed E-state index contributed by atoms with van der Waals surface area (Å²) in [6.07, 6.45) is 8.53. The summed E-state index contributed by atoms with van der Waals surface area (Å²) < 4.78 is 6.03. The minimum atomic E-state index is 0. The third-order valence-electron chi connectivity index (χ3n) is 7.39. The fourth-order valence-electron chi connectivity index (χ4n) is 5.31. The Morgan fingerprint density at radius 1 is 1.27 bits per heavy atom. The zero-order chi connectivity index (χ0) is 17.9. The van der Waals surface area contributed by atoms with Gasteiger partial charge in [0.1, 0.15) is 0 Å². The Bertz CT molecular complexity index is 478. The van der Waals surface area contributed by atoms with Crippen LogP contribution in [0, 0.1) is 16.7 Å². The number of aliphatic hydroxyl groups is 1. The van der Waals surface area contributed by atoms with Crippen LogP contribution in [0.1, 0.15) is 65.7 Å². The molecule has 2 aliphatic carbocycles. The van der Waals surface area contributed by atoms with Crippen molar-refractivity contribution in [2.45, 2.75) is 77.9 Å². The highest BCUT2D eigenvalue weighted by molar-refractivity contribution is 14.0. The van der Waals surface area contributed by atoms with Gasteiger partial charge < -0.3 is 20.5 Å². The van der Waals surface area contributed by atoms with Crippen molar-refractivity contribution in [2.75, 3.05) is 26.3 Å². The first-order valence-corrected chi connectivity index (χ1v) is 10.4. The van der Waals surface area contributed by atoms with E-state index >= 15 is 0 Å². The van der Waals surface area contributed by atoms with E-state index < -0.39 is 0 Å². The van der Waals surface area contributed by atoms with Crippen molar-refractivity contribution < 1.29 is 9.84 Å². The highest BCUT2D eigenvalue weighted by Gasteiger charge is 2.66. The number of fused-ring (bicyclic) bond motifs is 2. The standard InChI is InChI=1S/C20H37N3O2.HI/c1-4-19(5-2,11-12-24)14-22-18(21-6-3)23-16-15-8-13-25-17(15)20(16)9-7-10-20;/h15-17,24H,4-14H2,1-3H3,(H2,21,22,23);1H. The maximum absolute atomic E-state index is 9.44.